The van der Waals surface area contributed by atoms with Crippen molar-refractivity contribution in [3.8, 4) is 0 Å². The molecule has 0 radical (unpaired) electrons. The number of hydrogen-bond donors (Lipinski definition) is 0. The van der Waals surface area contributed by atoms with E-state index in [0.29, 0.717) is 30.0 Å². The summed E-state index contributed by atoms with van der Waals surface area (Å²) < 4.78 is 240. The van der Waals surface area contributed by atoms with E-state index >= 15 is 0 Å². The zero-order valence-electron chi connectivity index (χ0n) is 42.3. The highest BCUT2D eigenvalue weighted by molar-refractivity contribution is 5.98. The van der Waals surface area contributed by atoms with Gasteiger partial charge in [-0.15, -0.1) is 0 Å². The second-order valence-electron chi connectivity index (χ2n) is 7.52. The summed E-state index contributed by atoms with van der Waals surface area (Å²) in [5.41, 5.74) is -7.47. The first-order chi connectivity index (χ1) is 25.9. The molecule has 2 aromatic carbocycles. The third-order valence-electron chi connectivity index (χ3n) is 5.07. The van der Waals surface area contributed by atoms with E-state index in [4.69, 9.17) is 37.7 Å². The first kappa shape index (κ1) is 9.20. The third kappa shape index (κ3) is 6.46. The summed E-state index contributed by atoms with van der Waals surface area (Å²) in [5, 5.41) is 3.32. The van der Waals surface area contributed by atoms with Crippen LogP contribution in [0.5, 0.6) is 0 Å². The highest BCUT2D eigenvalue weighted by Gasteiger charge is 2.36. The van der Waals surface area contributed by atoms with Gasteiger partial charge in [-0.2, -0.15) is 13.2 Å². The summed E-state index contributed by atoms with van der Waals surface area (Å²) in [5.74, 6) is -6.08. The normalized spacial score (nSPS) is 44.6. The molecule has 1 saturated carbocycles. The number of halogens is 3. The van der Waals surface area contributed by atoms with Crippen LogP contribution in [0.15, 0.2) is 41.6 Å². The third-order valence-corrected chi connectivity index (χ3v) is 5.07. The van der Waals surface area contributed by atoms with Gasteiger partial charge in [-0.3, -0.25) is 4.90 Å². The van der Waals surface area contributed by atoms with Crippen LogP contribution in [0.1, 0.15) is 125 Å². The molecule has 2 aliphatic rings. The lowest BCUT2D eigenvalue weighted by molar-refractivity contribution is -0.138. The maximum Gasteiger partial charge on any atom is 0.416 e. The Kier molecular flexibility index (Phi) is 2.93. The number of rotatable bonds is 8. The van der Waals surface area contributed by atoms with Crippen molar-refractivity contribution in [2.45, 2.75) is 84.1 Å². The smallest absolute Gasteiger partial charge is 0.391 e. The van der Waals surface area contributed by atoms with Gasteiger partial charge in [-0.1, -0.05) is 55.9 Å². The number of benzene rings is 2. The van der Waals surface area contributed by atoms with E-state index in [0.717, 1.165) is 12.1 Å². The largest absolute Gasteiger partial charge is 0.416 e. The Morgan fingerprint density at radius 3 is 2.69 bits per heavy atom. The van der Waals surface area contributed by atoms with Crippen molar-refractivity contribution in [2.24, 2.45) is 11.0 Å². The van der Waals surface area contributed by atoms with Gasteiger partial charge in [0.2, 0.25) is 0 Å². The van der Waals surface area contributed by atoms with Crippen LogP contribution in [0, 0.1) is 5.89 Å². The molecule has 1 heterocycles. The monoisotopic (exact) mass is 510 g/mol. The molecule has 6 heteroatoms. The molecule has 190 valence electrons. The fourth-order valence-electron chi connectivity index (χ4n) is 3.27. The Morgan fingerprint density at radius 1 is 1.17 bits per heavy atom. The minimum Gasteiger partial charge on any atom is -0.391 e. The van der Waals surface area contributed by atoms with Gasteiger partial charge < -0.3 is 4.84 Å². The van der Waals surface area contributed by atoms with Crippen molar-refractivity contribution in [1.82, 2.24) is 4.90 Å². The summed E-state index contributed by atoms with van der Waals surface area (Å²) in [4.78, 5) is 5.35. The van der Waals surface area contributed by atoms with Crippen molar-refractivity contribution < 1.29 is 50.9 Å². The summed E-state index contributed by atoms with van der Waals surface area (Å²) >= 11 is 0. The lowest BCUT2D eigenvalue weighted by atomic mass is 9.78. The van der Waals surface area contributed by atoms with Crippen LogP contribution in [0.25, 0.3) is 0 Å². The molecular weight excluding hydrogens is 449 g/mol. The van der Waals surface area contributed by atoms with Crippen LogP contribution in [-0.2, 0) is 30.5 Å². The van der Waals surface area contributed by atoms with Gasteiger partial charge in [-0.05, 0) is 97.1 Å². The number of alkyl halides is 3. The van der Waals surface area contributed by atoms with Gasteiger partial charge in [0, 0.05) is 36.7 Å². The van der Waals surface area contributed by atoms with Gasteiger partial charge in [0.05, 0.1) is 14.0 Å². The SMILES string of the molecule is [2H]C1C([2H])([2H])N(Cc2ccc(/C(=N/OC([2H])([2H])c3ccc(C4C([2H])([2H])C([2H])([2H])C([2H])(C)C([2H])([2H])C4([2H])[2H])c(C(F)(F)F)c3)C([2H])([2H])[2H])cc2C([2H])([2H])C([2H])([2H])[2H])C1([2H])[2H]. The molecule has 2 fully saturated rings. The first-order valence-electron chi connectivity index (χ1n) is 22.3. The van der Waals surface area contributed by atoms with E-state index in [-0.39, 0.29) is 11.6 Å². The standard InChI is InChI=1S/C29H37F3N2O/c1-4-23-17-25(11-12-26(23)18-34-14-5-15-34)21(3)33-35-19-22-8-13-27(28(16-22)29(30,31)32)24-9-6-20(2)7-10-24/h8,11-13,16-17,20,24H,4-7,9-10,14-15,18-19H2,1-3H3/b33-21+/i1D3,3D3,4D2,5D,6D2,7D2,9D2,10D2,14D2,15D2,19D2,20D. The molecule has 35 heavy (non-hydrogen) atoms. The van der Waals surface area contributed by atoms with E-state index in [2.05, 4.69) is 5.16 Å². The molecule has 0 atom stereocenters. The minimum absolute atomic E-state index is 0.0118. The first-order valence-corrected chi connectivity index (χ1v) is 10.2. The molecule has 3 nitrogen and oxygen atoms in total. The zero-order chi connectivity index (χ0) is 46.1. The van der Waals surface area contributed by atoms with Crippen molar-refractivity contribution >= 4 is 5.71 Å². The quantitative estimate of drug-likeness (QED) is 0.268. The molecule has 0 unspecified atom stereocenters. The molecule has 2 aromatic rings. The van der Waals surface area contributed by atoms with Crippen LogP contribution < -0.4 is 0 Å². The molecule has 1 aliphatic heterocycles. The van der Waals surface area contributed by atoms with Crippen LogP contribution in [0.3, 0.4) is 0 Å². The number of likely N-dealkylation sites (tertiary alicyclic amines) is 1. The predicted octanol–water partition coefficient (Wildman–Crippen LogP) is 7.71. The molecule has 0 N–H and O–H groups in total. The van der Waals surface area contributed by atoms with E-state index in [1.54, 1.807) is 0 Å². The summed E-state index contributed by atoms with van der Waals surface area (Å²) in [6, 6.07) is 3.35. The van der Waals surface area contributed by atoms with Crippen LogP contribution in [0.2, 0.25) is 0 Å². The number of oxime groups is 1. The number of aryl methyl sites for hydroxylation is 1. The maximum atomic E-state index is 14.7. The average molecular weight is 511 g/mol. The highest BCUT2D eigenvalue weighted by Crippen LogP contribution is 2.42. The van der Waals surface area contributed by atoms with Gasteiger partial charge in [0.1, 0.15) is 6.56 Å². The lowest BCUT2D eigenvalue weighted by Gasteiger charge is -2.31. The molecule has 0 aromatic heterocycles. The topological polar surface area (TPSA) is 24.8 Å². The molecule has 1 aliphatic carbocycles. The molecule has 4 rings (SSSR count). The second-order valence-corrected chi connectivity index (χ2v) is 7.52. The molecular formula is C29H37F3N2O. The van der Waals surface area contributed by atoms with E-state index in [9.17, 15) is 13.2 Å². The lowest BCUT2D eigenvalue weighted by Crippen LogP contribution is -2.36. The van der Waals surface area contributed by atoms with Crippen LogP contribution in [-0.4, -0.2) is 23.6 Å². The predicted molar refractivity (Wildman–Crippen MR) is 135 cm³/mol. The second kappa shape index (κ2) is 11.2. The Bertz CT molecular complexity index is 1940. The van der Waals surface area contributed by atoms with Gasteiger partial charge in [-0.25, -0.2) is 0 Å². The summed E-state index contributed by atoms with van der Waals surface area (Å²) in [6.07, 6.45) is -25.5. The van der Waals surface area contributed by atoms with E-state index in [1.165, 1.54) is 0 Å². The number of nitrogens with zero attached hydrogens (tertiary/aromatic N) is 2. The van der Waals surface area contributed by atoms with Crippen molar-refractivity contribution in [3.63, 3.8) is 0 Å². The van der Waals surface area contributed by atoms with Gasteiger partial charge in [0.25, 0.3) is 0 Å². The van der Waals surface area contributed by atoms with Crippen molar-refractivity contribution in [1.29, 1.82) is 0 Å². The Balaban J connectivity index is 1.86. The van der Waals surface area contributed by atoms with Crippen LogP contribution >= 0.6 is 0 Å². The molecule has 0 bridgehead atoms. The zero-order valence-corrected chi connectivity index (χ0v) is 18.3. The Morgan fingerprint density at radius 2 is 1.97 bits per heavy atom. The minimum atomic E-state index is -5.58. The van der Waals surface area contributed by atoms with Crippen LogP contribution in [0.4, 0.5) is 13.2 Å². The van der Waals surface area contributed by atoms with Gasteiger partial charge in [0.15, 0.2) is 0 Å². The van der Waals surface area contributed by atoms with Gasteiger partial charge >= 0.3 is 6.18 Å². The average Bonchev–Trinajstić information content (AvgIpc) is 3.04. The molecule has 0 spiro atoms. The maximum absolute atomic E-state index is 14.7. The fraction of sp³-hybridized carbons (Fsp3) is 0.552. The number of hydrogen-bond acceptors (Lipinski definition) is 3. The van der Waals surface area contributed by atoms with Crippen molar-refractivity contribution in [3.05, 3.63) is 69.8 Å². The molecule has 0 amide bonds. The summed E-state index contributed by atoms with van der Waals surface area (Å²) in [7, 11) is 0. The van der Waals surface area contributed by atoms with Crippen molar-refractivity contribution in [2.75, 3.05) is 13.0 Å². The fourth-order valence-corrected chi connectivity index (χ4v) is 3.27. The highest BCUT2D eigenvalue weighted by atomic mass is 19.4. The molecule has 1 saturated heterocycles. The Labute approximate surface area is 241 Å². The summed E-state index contributed by atoms with van der Waals surface area (Å²) in [6.45, 7) is -15.9. The van der Waals surface area contributed by atoms with E-state index < -0.39 is 130 Å². The Hall–Kier alpha value is -2.34. The van der Waals surface area contributed by atoms with E-state index in [1.807, 2.05) is 0 Å².